The van der Waals surface area contributed by atoms with Crippen molar-refractivity contribution in [2.45, 2.75) is 6.42 Å². The van der Waals surface area contributed by atoms with Crippen molar-refractivity contribution in [3.8, 4) is 5.75 Å². The molecule has 0 bridgehead atoms. The van der Waals surface area contributed by atoms with E-state index < -0.39 is 0 Å². The molecule has 26 heavy (non-hydrogen) atoms. The molecule has 0 fully saturated rings. The molecule has 0 radical (unpaired) electrons. The van der Waals surface area contributed by atoms with Crippen molar-refractivity contribution in [2.75, 3.05) is 6.61 Å². The Hall–Kier alpha value is -3.26. The smallest absolute Gasteiger partial charge is 0.126 e. The molecule has 0 atom stereocenters. The van der Waals surface area contributed by atoms with Gasteiger partial charge in [0.25, 0.3) is 0 Å². The molecule has 0 aromatic heterocycles. The molecule has 0 unspecified atom stereocenters. The molecule has 0 saturated heterocycles. The second-order valence-electron chi connectivity index (χ2n) is 5.77. The Morgan fingerprint density at radius 3 is 1.92 bits per heavy atom. The van der Waals surface area contributed by atoms with Crippen molar-refractivity contribution in [3.63, 3.8) is 0 Å². The lowest BCUT2D eigenvalue weighted by Gasteiger charge is -2.10. The van der Waals surface area contributed by atoms with Gasteiger partial charge in [0.2, 0.25) is 0 Å². The minimum absolute atomic E-state index is 0.550. The Morgan fingerprint density at radius 2 is 1.27 bits per heavy atom. The molecule has 0 aliphatic heterocycles. The van der Waals surface area contributed by atoms with Crippen LogP contribution in [0.5, 0.6) is 5.75 Å². The zero-order chi connectivity index (χ0) is 17.9. The Bertz CT molecular complexity index is 822. The summed E-state index contributed by atoms with van der Waals surface area (Å²) >= 11 is 0. The molecule has 2 nitrogen and oxygen atoms in total. The molecule has 0 spiro atoms. The predicted octanol–water partition coefficient (Wildman–Crippen LogP) is 6.18. The molecule has 130 valence electrons. The lowest BCUT2D eigenvalue weighted by Crippen LogP contribution is -1.99. The topological polar surface area (TPSA) is 18.5 Å². The van der Waals surface area contributed by atoms with Gasteiger partial charge < -0.3 is 9.47 Å². The highest BCUT2D eigenvalue weighted by Crippen LogP contribution is 2.17. The number of hydrogen-bond donors (Lipinski definition) is 0. The van der Waals surface area contributed by atoms with Crippen LogP contribution >= 0.6 is 0 Å². The Morgan fingerprint density at radius 1 is 0.692 bits per heavy atom. The van der Waals surface area contributed by atoms with Crippen LogP contribution in [0.25, 0.3) is 12.2 Å². The Kier molecular flexibility index (Phi) is 6.68. The summed E-state index contributed by atoms with van der Waals surface area (Å²) in [5.41, 5.74) is 2.23. The predicted molar refractivity (Wildman–Crippen MR) is 108 cm³/mol. The van der Waals surface area contributed by atoms with E-state index in [1.165, 1.54) is 0 Å². The molecule has 0 aliphatic rings. The first-order valence-electron chi connectivity index (χ1n) is 8.72. The number of para-hydroxylation sites is 1. The van der Waals surface area contributed by atoms with E-state index in [0.717, 1.165) is 22.6 Å². The number of ether oxygens (including phenoxy) is 2. The third-order valence-electron chi connectivity index (χ3n) is 3.74. The van der Waals surface area contributed by atoms with Gasteiger partial charge in [-0.2, -0.15) is 0 Å². The first kappa shape index (κ1) is 17.6. The molecular formula is C24H22O2. The van der Waals surface area contributed by atoms with Gasteiger partial charge in [-0.3, -0.25) is 0 Å². The molecule has 3 aromatic rings. The molecular weight excluding hydrogens is 320 g/mol. The SMILES string of the molecule is C(=Cc1ccccc1)OCCC(=Cc1ccccc1)Oc1ccccc1. The molecule has 0 heterocycles. The van der Waals surface area contributed by atoms with Crippen molar-refractivity contribution in [1.29, 1.82) is 0 Å². The van der Waals surface area contributed by atoms with Gasteiger partial charge in [0.1, 0.15) is 11.5 Å². The summed E-state index contributed by atoms with van der Waals surface area (Å²) in [6.45, 7) is 0.550. The van der Waals surface area contributed by atoms with E-state index in [1.807, 2.05) is 84.9 Å². The van der Waals surface area contributed by atoms with Crippen molar-refractivity contribution in [3.05, 3.63) is 114 Å². The van der Waals surface area contributed by atoms with Crippen molar-refractivity contribution in [1.82, 2.24) is 0 Å². The summed E-state index contributed by atoms with van der Waals surface area (Å²) in [5.74, 6) is 1.70. The minimum Gasteiger partial charge on any atom is -0.501 e. The van der Waals surface area contributed by atoms with Crippen LogP contribution in [0.2, 0.25) is 0 Å². The second kappa shape index (κ2) is 9.90. The molecule has 2 heteroatoms. The summed E-state index contributed by atoms with van der Waals surface area (Å²) in [5, 5.41) is 0. The quantitative estimate of drug-likeness (QED) is 0.359. The van der Waals surface area contributed by atoms with Crippen LogP contribution in [0, 0.1) is 0 Å². The monoisotopic (exact) mass is 342 g/mol. The highest BCUT2D eigenvalue weighted by Gasteiger charge is 2.02. The van der Waals surface area contributed by atoms with Crippen LogP contribution in [-0.2, 0) is 4.74 Å². The average Bonchev–Trinajstić information content (AvgIpc) is 2.70. The van der Waals surface area contributed by atoms with Crippen LogP contribution < -0.4 is 4.74 Å². The van der Waals surface area contributed by atoms with E-state index in [4.69, 9.17) is 9.47 Å². The van der Waals surface area contributed by atoms with Crippen LogP contribution in [0.3, 0.4) is 0 Å². The lowest BCUT2D eigenvalue weighted by atomic mass is 10.2. The van der Waals surface area contributed by atoms with Gasteiger partial charge in [0.15, 0.2) is 0 Å². The third kappa shape index (κ3) is 5.99. The summed E-state index contributed by atoms with van der Waals surface area (Å²) in [6.07, 6.45) is 6.43. The molecule has 0 amide bonds. The van der Waals surface area contributed by atoms with Crippen molar-refractivity contribution < 1.29 is 9.47 Å². The summed E-state index contributed by atoms with van der Waals surface area (Å²) < 4.78 is 11.7. The fourth-order valence-corrected chi connectivity index (χ4v) is 2.45. The van der Waals surface area contributed by atoms with Gasteiger partial charge in [-0.1, -0.05) is 78.9 Å². The zero-order valence-corrected chi connectivity index (χ0v) is 14.6. The largest absolute Gasteiger partial charge is 0.501 e. The zero-order valence-electron chi connectivity index (χ0n) is 14.6. The normalized spacial score (nSPS) is 11.5. The highest BCUT2D eigenvalue weighted by atomic mass is 16.5. The molecule has 0 aliphatic carbocycles. The Balaban J connectivity index is 1.60. The summed E-state index contributed by atoms with van der Waals surface area (Å²) in [7, 11) is 0. The van der Waals surface area contributed by atoms with Gasteiger partial charge in [0.05, 0.1) is 12.9 Å². The van der Waals surface area contributed by atoms with E-state index in [9.17, 15) is 0 Å². The Labute approximate surface area is 155 Å². The maximum atomic E-state index is 6.04. The van der Waals surface area contributed by atoms with Gasteiger partial charge in [-0.25, -0.2) is 0 Å². The maximum absolute atomic E-state index is 6.04. The van der Waals surface area contributed by atoms with E-state index >= 15 is 0 Å². The van der Waals surface area contributed by atoms with Gasteiger partial charge >= 0.3 is 0 Å². The fraction of sp³-hybridized carbons (Fsp3) is 0.0833. The van der Waals surface area contributed by atoms with Crippen LogP contribution in [0.1, 0.15) is 17.5 Å². The van der Waals surface area contributed by atoms with E-state index in [-0.39, 0.29) is 0 Å². The van der Waals surface area contributed by atoms with Crippen molar-refractivity contribution in [2.24, 2.45) is 0 Å². The second-order valence-corrected chi connectivity index (χ2v) is 5.77. The minimum atomic E-state index is 0.550. The third-order valence-corrected chi connectivity index (χ3v) is 3.74. The number of hydrogen-bond acceptors (Lipinski definition) is 2. The number of benzene rings is 3. The molecule has 0 N–H and O–H groups in total. The molecule has 3 aromatic carbocycles. The number of rotatable bonds is 8. The standard InChI is InChI=1S/C24H22O2/c1-4-10-21(11-5-1)16-18-25-19-17-24(20-22-12-6-2-7-13-22)26-23-14-8-3-9-15-23/h1-16,18,20H,17,19H2. The van der Waals surface area contributed by atoms with Crippen molar-refractivity contribution >= 4 is 12.2 Å². The molecule has 0 saturated carbocycles. The highest BCUT2D eigenvalue weighted by molar-refractivity contribution is 5.52. The van der Waals surface area contributed by atoms with Gasteiger partial charge in [-0.15, -0.1) is 0 Å². The van der Waals surface area contributed by atoms with E-state index in [0.29, 0.717) is 13.0 Å². The van der Waals surface area contributed by atoms with E-state index in [2.05, 4.69) is 18.2 Å². The molecule has 3 rings (SSSR count). The van der Waals surface area contributed by atoms with Gasteiger partial charge in [-0.05, 0) is 35.4 Å². The summed E-state index contributed by atoms with van der Waals surface area (Å²) in [6, 6.07) is 30.1. The summed E-state index contributed by atoms with van der Waals surface area (Å²) in [4.78, 5) is 0. The average molecular weight is 342 g/mol. The van der Waals surface area contributed by atoms with Crippen LogP contribution in [0.15, 0.2) is 103 Å². The fourth-order valence-electron chi connectivity index (χ4n) is 2.45. The first-order valence-corrected chi connectivity index (χ1v) is 8.72. The van der Waals surface area contributed by atoms with Crippen LogP contribution in [0.4, 0.5) is 0 Å². The van der Waals surface area contributed by atoms with Crippen LogP contribution in [-0.4, -0.2) is 6.61 Å². The lowest BCUT2D eigenvalue weighted by molar-refractivity contribution is 0.240. The maximum Gasteiger partial charge on any atom is 0.126 e. The van der Waals surface area contributed by atoms with E-state index in [1.54, 1.807) is 6.26 Å². The first-order chi connectivity index (χ1) is 12.9. The van der Waals surface area contributed by atoms with Gasteiger partial charge in [0, 0.05) is 6.42 Å².